The highest BCUT2D eigenvalue weighted by atomic mass is 16.6. The number of nitro benzene ring substituents is 1. The molecule has 1 aromatic rings. The summed E-state index contributed by atoms with van der Waals surface area (Å²) in [5.74, 6) is -0.464. The Labute approximate surface area is 127 Å². The highest BCUT2D eigenvalue weighted by molar-refractivity contribution is 5.95. The van der Waals surface area contributed by atoms with Crippen LogP contribution in [0.25, 0.3) is 0 Å². The van der Waals surface area contributed by atoms with Crippen LogP contribution in [0.1, 0.15) is 36.0 Å². The van der Waals surface area contributed by atoms with Crippen molar-refractivity contribution in [1.82, 2.24) is 5.32 Å². The van der Waals surface area contributed by atoms with E-state index in [4.69, 9.17) is 4.74 Å². The minimum atomic E-state index is -0.701. The molecule has 7 heteroatoms. The lowest BCUT2D eigenvalue weighted by Crippen LogP contribution is -2.45. The Hall–Kier alpha value is -2.15. The van der Waals surface area contributed by atoms with Crippen LogP contribution in [0.5, 0.6) is 5.75 Å². The largest absolute Gasteiger partial charge is 0.502 e. The van der Waals surface area contributed by atoms with Gasteiger partial charge in [0.15, 0.2) is 5.75 Å². The predicted molar refractivity (Wildman–Crippen MR) is 77.7 cm³/mol. The van der Waals surface area contributed by atoms with Gasteiger partial charge in [0, 0.05) is 30.2 Å². The molecule has 1 aromatic carbocycles. The van der Waals surface area contributed by atoms with E-state index in [9.17, 15) is 20.0 Å². The standard InChI is InChI=1S/C15H18N2O5/c18-13-5-4-9(8-12(13)17(20)21)15(19)16-11-2-1-3-14-10(11)6-7-22-14/h4-5,8,10-11,14,18H,1-3,6-7H2,(H,16,19). The number of phenolic OH excluding ortho intramolecular Hbond substituents is 1. The first kappa shape index (κ1) is 14.8. The number of benzene rings is 1. The molecule has 0 aromatic heterocycles. The van der Waals surface area contributed by atoms with Gasteiger partial charge in [0.25, 0.3) is 5.91 Å². The van der Waals surface area contributed by atoms with E-state index in [1.165, 1.54) is 12.1 Å². The molecule has 3 unspecified atom stereocenters. The van der Waals surface area contributed by atoms with E-state index >= 15 is 0 Å². The van der Waals surface area contributed by atoms with Crippen LogP contribution in [0.15, 0.2) is 18.2 Å². The van der Waals surface area contributed by atoms with Gasteiger partial charge in [-0.3, -0.25) is 14.9 Å². The van der Waals surface area contributed by atoms with E-state index in [-0.39, 0.29) is 23.6 Å². The van der Waals surface area contributed by atoms with Gasteiger partial charge in [-0.05, 0) is 37.8 Å². The maximum atomic E-state index is 12.3. The first-order chi connectivity index (χ1) is 10.6. The highest BCUT2D eigenvalue weighted by Crippen LogP contribution is 2.34. The van der Waals surface area contributed by atoms with Crippen molar-refractivity contribution >= 4 is 11.6 Å². The van der Waals surface area contributed by atoms with Gasteiger partial charge in [-0.25, -0.2) is 0 Å². The van der Waals surface area contributed by atoms with Gasteiger partial charge in [0.2, 0.25) is 0 Å². The summed E-state index contributed by atoms with van der Waals surface area (Å²) in [5.41, 5.74) is -0.274. The Morgan fingerprint density at radius 3 is 2.95 bits per heavy atom. The van der Waals surface area contributed by atoms with Crippen LogP contribution in [-0.2, 0) is 4.74 Å². The van der Waals surface area contributed by atoms with Crippen molar-refractivity contribution in [3.63, 3.8) is 0 Å². The molecule has 1 saturated carbocycles. The molecule has 0 bridgehead atoms. The number of amides is 1. The number of hydrogen-bond donors (Lipinski definition) is 2. The third kappa shape index (κ3) is 2.76. The third-order valence-corrected chi connectivity index (χ3v) is 4.53. The normalized spacial score (nSPS) is 27.2. The molecule has 1 heterocycles. The Bertz CT molecular complexity index is 604. The van der Waals surface area contributed by atoms with E-state index in [1.807, 2.05) is 0 Å². The fraction of sp³-hybridized carbons (Fsp3) is 0.533. The van der Waals surface area contributed by atoms with Crippen molar-refractivity contribution in [2.45, 2.75) is 37.8 Å². The van der Waals surface area contributed by atoms with Crippen LogP contribution in [0.4, 0.5) is 5.69 Å². The second-order valence-corrected chi connectivity index (χ2v) is 5.83. The molecule has 0 radical (unpaired) electrons. The number of carbonyl (C=O) groups is 1. The zero-order valence-corrected chi connectivity index (χ0v) is 12.0. The number of ether oxygens (including phenoxy) is 1. The summed E-state index contributed by atoms with van der Waals surface area (Å²) in [5, 5.41) is 23.2. The number of nitrogens with one attached hydrogen (secondary N) is 1. The topological polar surface area (TPSA) is 102 Å². The average molecular weight is 306 g/mol. The van der Waals surface area contributed by atoms with Gasteiger partial charge >= 0.3 is 5.69 Å². The van der Waals surface area contributed by atoms with E-state index in [2.05, 4.69) is 5.32 Å². The smallest absolute Gasteiger partial charge is 0.311 e. The third-order valence-electron chi connectivity index (χ3n) is 4.53. The van der Waals surface area contributed by atoms with E-state index in [0.717, 1.165) is 38.4 Å². The summed E-state index contributed by atoms with van der Waals surface area (Å²) in [7, 11) is 0. The van der Waals surface area contributed by atoms with Crippen LogP contribution >= 0.6 is 0 Å². The van der Waals surface area contributed by atoms with Crippen LogP contribution < -0.4 is 5.32 Å². The van der Waals surface area contributed by atoms with E-state index in [1.54, 1.807) is 0 Å². The maximum Gasteiger partial charge on any atom is 0.311 e. The number of carbonyl (C=O) groups excluding carboxylic acids is 1. The lowest BCUT2D eigenvalue weighted by molar-refractivity contribution is -0.385. The van der Waals surface area contributed by atoms with Crippen molar-refractivity contribution in [1.29, 1.82) is 0 Å². The summed E-state index contributed by atoms with van der Waals surface area (Å²) >= 11 is 0. The van der Waals surface area contributed by atoms with Crippen LogP contribution in [0.2, 0.25) is 0 Å². The van der Waals surface area contributed by atoms with Crippen molar-refractivity contribution in [2.75, 3.05) is 6.61 Å². The van der Waals surface area contributed by atoms with E-state index in [0.29, 0.717) is 5.92 Å². The van der Waals surface area contributed by atoms with Crippen molar-refractivity contribution in [3.05, 3.63) is 33.9 Å². The predicted octanol–water partition coefficient (Wildman–Crippen LogP) is 1.99. The molecule has 1 amide bonds. The molecule has 1 saturated heterocycles. The van der Waals surface area contributed by atoms with E-state index < -0.39 is 16.4 Å². The Kier molecular flexibility index (Phi) is 3.98. The van der Waals surface area contributed by atoms with Crippen LogP contribution in [-0.4, -0.2) is 34.7 Å². The lowest BCUT2D eigenvalue weighted by Gasteiger charge is -2.33. The molecule has 2 fully saturated rings. The molecular formula is C15H18N2O5. The molecule has 1 aliphatic carbocycles. The molecule has 1 aliphatic heterocycles. The van der Waals surface area contributed by atoms with Gasteiger partial charge in [-0.2, -0.15) is 0 Å². The monoisotopic (exact) mass is 306 g/mol. The number of aromatic hydroxyl groups is 1. The lowest BCUT2D eigenvalue weighted by atomic mass is 9.81. The quantitative estimate of drug-likeness (QED) is 0.657. The number of phenols is 1. The number of rotatable bonds is 3. The van der Waals surface area contributed by atoms with Crippen molar-refractivity contribution in [3.8, 4) is 5.75 Å². The minimum Gasteiger partial charge on any atom is -0.502 e. The molecular weight excluding hydrogens is 288 g/mol. The second kappa shape index (κ2) is 5.92. The molecule has 2 N–H and O–H groups in total. The Morgan fingerprint density at radius 1 is 1.36 bits per heavy atom. The van der Waals surface area contributed by atoms with Gasteiger partial charge in [-0.15, -0.1) is 0 Å². The van der Waals surface area contributed by atoms with Gasteiger partial charge < -0.3 is 15.2 Å². The molecule has 118 valence electrons. The summed E-state index contributed by atoms with van der Waals surface area (Å²) in [6, 6.07) is 3.72. The summed E-state index contributed by atoms with van der Waals surface area (Å²) < 4.78 is 5.67. The summed E-state index contributed by atoms with van der Waals surface area (Å²) in [6.45, 7) is 0.729. The fourth-order valence-corrected chi connectivity index (χ4v) is 3.42. The zero-order valence-electron chi connectivity index (χ0n) is 12.0. The SMILES string of the molecule is O=C(NC1CCCC2OCCC12)c1ccc(O)c([N+](=O)[O-])c1. The number of fused-ring (bicyclic) bond motifs is 1. The number of nitrogens with zero attached hydrogens (tertiary/aromatic N) is 1. The van der Waals surface area contributed by atoms with Crippen LogP contribution in [0.3, 0.4) is 0 Å². The van der Waals surface area contributed by atoms with Crippen molar-refractivity contribution < 1.29 is 19.6 Å². The Balaban J connectivity index is 1.74. The van der Waals surface area contributed by atoms with Gasteiger partial charge in [-0.1, -0.05) is 0 Å². The molecule has 3 atom stereocenters. The van der Waals surface area contributed by atoms with Crippen molar-refractivity contribution in [2.24, 2.45) is 5.92 Å². The minimum absolute atomic E-state index is 0.0432. The van der Waals surface area contributed by atoms with Gasteiger partial charge in [0.1, 0.15) is 0 Å². The molecule has 7 nitrogen and oxygen atoms in total. The molecule has 3 rings (SSSR count). The van der Waals surface area contributed by atoms with Crippen LogP contribution in [0, 0.1) is 16.0 Å². The molecule has 22 heavy (non-hydrogen) atoms. The summed E-state index contributed by atoms with van der Waals surface area (Å²) in [6.07, 6.45) is 4.08. The number of hydrogen-bond acceptors (Lipinski definition) is 5. The number of nitro groups is 1. The second-order valence-electron chi connectivity index (χ2n) is 5.83. The fourth-order valence-electron chi connectivity index (χ4n) is 3.42. The molecule has 0 spiro atoms. The first-order valence-corrected chi connectivity index (χ1v) is 7.46. The Morgan fingerprint density at radius 2 is 2.18 bits per heavy atom. The van der Waals surface area contributed by atoms with Gasteiger partial charge in [0.05, 0.1) is 11.0 Å². The maximum absolute atomic E-state index is 12.3. The summed E-state index contributed by atoms with van der Waals surface area (Å²) in [4.78, 5) is 22.5. The zero-order chi connectivity index (χ0) is 15.7. The first-order valence-electron chi connectivity index (χ1n) is 7.46. The molecule has 2 aliphatic rings. The highest BCUT2D eigenvalue weighted by Gasteiger charge is 2.38. The average Bonchev–Trinajstić information content (AvgIpc) is 2.97.